The van der Waals surface area contributed by atoms with Gasteiger partial charge in [-0.25, -0.2) is 0 Å². The van der Waals surface area contributed by atoms with Gasteiger partial charge in [0.2, 0.25) is 0 Å². The van der Waals surface area contributed by atoms with Gasteiger partial charge < -0.3 is 5.11 Å². The lowest BCUT2D eigenvalue weighted by Crippen LogP contribution is -2.48. The second-order valence-corrected chi connectivity index (χ2v) is 10.0. The fraction of sp³-hybridized carbons (Fsp3) is 0.300. The van der Waals surface area contributed by atoms with Crippen molar-refractivity contribution in [1.29, 1.82) is 0 Å². The molecule has 0 unspecified atom stereocenters. The highest BCUT2D eigenvalue weighted by atomic mass is 19.4. The molecule has 1 aromatic heterocycles. The highest BCUT2D eigenvalue weighted by Gasteiger charge is 2.35. The average molecular weight is 549 g/mol. The van der Waals surface area contributed by atoms with E-state index in [-0.39, 0.29) is 5.75 Å². The number of aromatic hydroxyl groups is 1. The molecule has 40 heavy (non-hydrogen) atoms. The number of rotatable bonds is 7. The first-order valence-corrected chi connectivity index (χ1v) is 13.2. The Morgan fingerprint density at radius 1 is 0.925 bits per heavy atom. The molecule has 10 heteroatoms. The number of nitrogens with zero attached hydrogens (tertiary/aromatic N) is 6. The van der Waals surface area contributed by atoms with Crippen LogP contribution >= 0.6 is 0 Å². The van der Waals surface area contributed by atoms with Crippen molar-refractivity contribution in [3.8, 4) is 11.4 Å². The fourth-order valence-corrected chi connectivity index (χ4v) is 5.23. The minimum atomic E-state index is -4.46. The summed E-state index contributed by atoms with van der Waals surface area (Å²) in [5.74, 6) is 0.707. The van der Waals surface area contributed by atoms with Crippen molar-refractivity contribution < 1.29 is 18.3 Å². The monoisotopic (exact) mass is 548 g/mol. The molecule has 1 N–H and O–H groups in total. The van der Waals surface area contributed by atoms with Crippen LogP contribution in [0.3, 0.4) is 0 Å². The average Bonchev–Trinajstić information content (AvgIpc) is 3.39. The Hall–Kier alpha value is -4.02. The Balaban J connectivity index is 1.43. The van der Waals surface area contributed by atoms with Crippen molar-refractivity contribution >= 4 is 6.08 Å². The number of hydrogen-bond donors (Lipinski definition) is 1. The molecule has 0 aliphatic carbocycles. The van der Waals surface area contributed by atoms with Gasteiger partial charge in [0.25, 0.3) is 0 Å². The molecule has 1 aliphatic rings. The van der Waals surface area contributed by atoms with E-state index in [0.29, 0.717) is 44.1 Å². The van der Waals surface area contributed by atoms with Gasteiger partial charge in [0, 0.05) is 38.3 Å². The first-order chi connectivity index (χ1) is 19.2. The van der Waals surface area contributed by atoms with E-state index in [4.69, 9.17) is 0 Å². The van der Waals surface area contributed by atoms with Gasteiger partial charge in [0.1, 0.15) is 5.75 Å². The predicted octanol–water partition coefficient (Wildman–Crippen LogP) is 5.42. The number of hydrogen-bond acceptors (Lipinski definition) is 6. The number of halogens is 3. The van der Waals surface area contributed by atoms with Gasteiger partial charge in [-0.15, -0.1) is 5.10 Å². The van der Waals surface area contributed by atoms with Gasteiger partial charge in [-0.3, -0.25) is 9.80 Å². The molecule has 0 amide bonds. The van der Waals surface area contributed by atoms with Crippen LogP contribution in [0.25, 0.3) is 11.8 Å². The highest BCUT2D eigenvalue weighted by Crippen LogP contribution is 2.35. The molecule has 0 bridgehead atoms. The number of alkyl halides is 3. The van der Waals surface area contributed by atoms with Gasteiger partial charge >= 0.3 is 6.18 Å². The first kappa shape index (κ1) is 27.5. The number of phenols is 1. The molecule has 0 radical (unpaired) electrons. The smallest absolute Gasteiger partial charge is 0.416 e. The molecule has 2 heterocycles. The summed E-state index contributed by atoms with van der Waals surface area (Å²) >= 11 is 0. The van der Waals surface area contributed by atoms with Crippen molar-refractivity contribution in [3.05, 3.63) is 106 Å². The Labute approximate surface area is 231 Å². The molecule has 0 spiro atoms. The van der Waals surface area contributed by atoms with Crippen molar-refractivity contribution in [3.63, 3.8) is 0 Å². The summed E-state index contributed by atoms with van der Waals surface area (Å²) in [7, 11) is 0. The summed E-state index contributed by atoms with van der Waals surface area (Å²) in [5, 5.41) is 22.6. The zero-order valence-electron chi connectivity index (χ0n) is 22.4. The Bertz CT molecular complexity index is 1470. The summed E-state index contributed by atoms with van der Waals surface area (Å²) in [6.07, 6.45) is -0.556. The van der Waals surface area contributed by atoms with E-state index in [2.05, 4.69) is 25.3 Å². The Morgan fingerprint density at radius 2 is 1.62 bits per heavy atom. The number of benzene rings is 3. The van der Waals surface area contributed by atoms with Crippen LogP contribution in [-0.4, -0.2) is 67.8 Å². The van der Waals surface area contributed by atoms with E-state index in [1.54, 1.807) is 22.9 Å². The molecular formula is C30H31F3N6O. The lowest BCUT2D eigenvalue weighted by molar-refractivity contribution is -0.137. The van der Waals surface area contributed by atoms with Crippen LogP contribution in [-0.2, 0) is 6.18 Å². The van der Waals surface area contributed by atoms with E-state index in [9.17, 15) is 18.3 Å². The van der Waals surface area contributed by atoms with E-state index < -0.39 is 17.8 Å². The molecule has 3 aromatic carbocycles. The summed E-state index contributed by atoms with van der Waals surface area (Å²) in [6.45, 7) is 7.28. The zero-order chi connectivity index (χ0) is 28.3. The SMILES string of the molecule is Cc1cccc(C)c1-n1nnnc1[C@H](c1cccc(C(F)(F)F)c1)N1CCN(C/C=C/c2ccccc2O)CC1. The molecule has 1 atom stereocenters. The number of piperazine rings is 1. The third-order valence-corrected chi connectivity index (χ3v) is 7.29. The maximum atomic E-state index is 13.7. The summed E-state index contributed by atoms with van der Waals surface area (Å²) in [4.78, 5) is 4.42. The van der Waals surface area contributed by atoms with E-state index >= 15 is 0 Å². The molecule has 7 nitrogen and oxygen atoms in total. The van der Waals surface area contributed by atoms with Gasteiger partial charge in [-0.1, -0.05) is 60.7 Å². The van der Waals surface area contributed by atoms with E-state index in [1.165, 1.54) is 12.1 Å². The molecule has 5 rings (SSSR count). The number of aryl methyl sites for hydroxylation is 2. The topological polar surface area (TPSA) is 70.3 Å². The van der Waals surface area contributed by atoms with E-state index in [0.717, 1.165) is 28.4 Å². The fourth-order valence-electron chi connectivity index (χ4n) is 5.23. The molecule has 1 saturated heterocycles. The lowest BCUT2D eigenvalue weighted by atomic mass is 10.00. The second-order valence-electron chi connectivity index (χ2n) is 10.0. The van der Waals surface area contributed by atoms with Crippen molar-refractivity contribution in [2.75, 3.05) is 32.7 Å². The van der Waals surface area contributed by atoms with Crippen molar-refractivity contribution in [2.45, 2.75) is 26.1 Å². The van der Waals surface area contributed by atoms with Crippen LogP contribution in [0.2, 0.25) is 0 Å². The minimum Gasteiger partial charge on any atom is -0.507 e. The molecule has 1 fully saturated rings. The van der Waals surface area contributed by atoms with Crippen molar-refractivity contribution in [1.82, 2.24) is 30.0 Å². The predicted molar refractivity (Wildman–Crippen MR) is 147 cm³/mol. The van der Waals surface area contributed by atoms with E-state index in [1.807, 2.05) is 56.3 Å². The van der Waals surface area contributed by atoms with Crippen molar-refractivity contribution in [2.24, 2.45) is 0 Å². The van der Waals surface area contributed by atoms with Crippen LogP contribution in [0.15, 0.2) is 72.8 Å². The van der Waals surface area contributed by atoms with Gasteiger partial charge in [0.15, 0.2) is 5.82 Å². The Morgan fingerprint density at radius 3 is 2.33 bits per heavy atom. The quantitative estimate of drug-likeness (QED) is 0.333. The van der Waals surface area contributed by atoms with Gasteiger partial charge in [-0.05, 0) is 59.2 Å². The third kappa shape index (κ3) is 5.93. The van der Waals surface area contributed by atoms with Crippen LogP contribution in [0.1, 0.15) is 39.7 Å². The molecule has 208 valence electrons. The third-order valence-electron chi connectivity index (χ3n) is 7.29. The number of aromatic nitrogens is 4. The number of phenolic OH excluding ortho intramolecular Hbond substituents is 1. The summed E-state index contributed by atoms with van der Waals surface area (Å²) in [5.41, 5.74) is 3.31. The van der Waals surface area contributed by atoms with Crippen LogP contribution in [0.4, 0.5) is 13.2 Å². The largest absolute Gasteiger partial charge is 0.507 e. The molecule has 0 saturated carbocycles. The van der Waals surface area contributed by atoms with Gasteiger partial charge in [-0.2, -0.15) is 17.9 Å². The molecule has 1 aliphatic heterocycles. The second kappa shape index (κ2) is 11.6. The minimum absolute atomic E-state index is 0.231. The lowest BCUT2D eigenvalue weighted by Gasteiger charge is -2.38. The van der Waals surface area contributed by atoms with Crippen LogP contribution < -0.4 is 0 Å². The summed E-state index contributed by atoms with van der Waals surface area (Å²) in [6, 6.07) is 17.9. The Kier molecular flexibility index (Phi) is 7.99. The van der Waals surface area contributed by atoms with Crippen LogP contribution in [0, 0.1) is 13.8 Å². The number of para-hydroxylation sites is 2. The van der Waals surface area contributed by atoms with Crippen LogP contribution in [0.5, 0.6) is 5.75 Å². The van der Waals surface area contributed by atoms with Gasteiger partial charge in [0.05, 0.1) is 17.3 Å². The standard InChI is InChI=1S/C30H31F3N6O/c1-21-8-5-9-22(2)27(21)39-29(34-35-36-39)28(24-11-6-13-25(20-24)30(31,32)33)38-18-16-37(17-19-38)15-7-12-23-10-3-4-14-26(23)40/h3-14,20,28,40H,15-19H2,1-2H3/b12-7+/t28-/m0/s1. The highest BCUT2D eigenvalue weighted by molar-refractivity contribution is 5.56. The molecular weight excluding hydrogens is 517 g/mol. The maximum absolute atomic E-state index is 13.7. The summed E-state index contributed by atoms with van der Waals surface area (Å²) < 4.78 is 42.7. The molecule has 4 aromatic rings. The first-order valence-electron chi connectivity index (χ1n) is 13.2. The maximum Gasteiger partial charge on any atom is 0.416 e. The zero-order valence-corrected chi connectivity index (χ0v) is 22.4. The number of tetrazole rings is 1. The normalized spacial score (nSPS) is 16.0.